The maximum Gasteiger partial charge on any atom is 0.220 e. The first-order valence-corrected chi connectivity index (χ1v) is 9.39. The van der Waals surface area contributed by atoms with E-state index in [1.54, 1.807) is 21.3 Å². The van der Waals surface area contributed by atoms with Crippen LogP contribution in [0.15, 0.2) is 42.5 Å². The molecule has 2 aromatic rings. The van der Waals surface area contributed by atoms with Gasteiger partial charge in [0.2, 0.25) is 5.91 Å². The van der Waals surface area contributed by atoms with Gasteiger partial charge in [0.1, 0.15) is 11.5 Å². The summed E-state index contributed by atoms with van der Waals surface area (Å²) >= 11 is 0. The minimum absolute atomic E-state index is 0.0000317. The number of nitrogens with one attached hydrogen (secondary N) is 1. The number of methoxy groups -OCH3 is 3. The first kappa shape index (κ1) is 21.4. The van der Waals surface area contributed by atoms with Crippen molar-refractivity contribution in [3.05, 3.63) is 48.0 Å². The molecule has 0 saturated carbocycles. The Morgan fingerprint density at radius 3 is 2.21 bits per heavy atom. The monoisotopic (exact) mass is 387 g/mol. The summed E-state index contributed by atoms with van der Waals surface area (Å²) in [6, 6.07) is 13.0. The highest BCUT2D eigenvalue weighted by molar-refractivity contribution is 5.76. The van der Waals surface area contributed by atoms with Crippen LogP contribution in [-0.4, -0.2) is 33.8 Å². The Morgan fingerprint density at radius 1 is 0.929 bits per heavy atom. The van der Waals surface area contributed by atoms with Gasteiger partial charge in [0.25, 0.3) is 0 Å². The molecule has 0 bridgehead atoms. The molecule has 1 N–H and O–H groups in total. The number of carbonyl (C=O) groups excluding carboxylic acids is 1. The molecule has 0 radical (unpaired) electrons. The molecule has 2 rings (SSSR count). The van der Waals surface area contributed by atoms with Gasteiger partial charge in [-0.3, -0.25) is 4.79 Å². The van der Waals surface area contributed by atoms with Crippen molar-refractivity contribution in [2.75, 3.05) is 27.9 Å². The minimum atomic E-state index is -0.0742. The van der Waals surface area contributed by atoms with E-state index >= 15 is 0 Å². The van der Waals surface area contributed by atoms with Crippen molar-refractivity contribution in [3.63, 3.8) is 0 Å². The maximum atomic E-state index is 12.3. The molecule has 0 heterocycles. The van der Waals surface area contributed by atoms with Crippen LogP contribution in [0.2, 0.25) is 0 Å². The molecule has 2 aromatic carbocycles. The normalized spacial score (nSPS) is 11.4. The molecule has 28 heavy (non-hydrogen) atoms. The van der Waals surface area contributed by atoms with E-state index in [2.05, 4.69) is 5.32 Å². The van der Waals surface area contributed by atoms with Gasteiger partial charge in [0, 0.05) is 6.42 Å². The molecular formula is C22H29NO5. The standard InChI is InChI=1S/C22H29NO5/c1-5-19(16-8-13-20(26-3)21(15-16)27-4)23-22(24)7-6-14-28-18-11-9-17(25-2)10-12-18/h8-13,15,19H,5-7,14H2,1-4H3,(H,23,24)/t19-/m1/s1. The molecule has 152 valence electrons. The summed E-state index contributed by atoms with van der Waals surface area (Å²) in [7, 11) is 4.83. The molecule has 0 aliphatic carbocycles. The predicted octanol–water partition coefficient (Wildman–Crippen LogP) is 4.14. The lowest BCUT2D eigenvalue weighted by atomic mass is 10.0. The number of benzene rings is 2. The highest BCUT2D eigenvalue weighted by Gasteiger charge is 2.15. The van der Waals surface area contributed by atoms with Crippen molar-refractivity contribution in [2.45, 2.75) is 32.2 Å². The van der Waals surface area contributed by atoms with E-state index in [4.69, 9.17) is 18.9 Å². The third-order valence-corrected chi connectivity index (χ3v) is 4.43. The third kappa shape index (κ3) is 6.08. The van der Waals surface area contributed by atoms with Gasteiger partial charge < -0.3 is 24.3 Å². The van der Waals surface area contributed by atoms with E-state index in [0.29, 0.717) is 30.9 Å². The smallest absolute Gasteiger partial charge is 0.220 e. The summed E-state index contributed by atoms with van der Waals surface area (Å²) < 4.78 is 21.4. The number of amides is 1. The van der Waals surface area contributed by atoms with Gasteiger partial charge in [-0.1, -0.05) is 13.0 Å². The summed E-state index contributed by atoms with van der Waals surface area (Å²) in [6.45, 7) is 2.52. The van der Waals surface area contributed by atoms with Crippen LogP contribution >= 0.6 is 0 Å². The number of hydrogen-bond donors (Lipinski definition) is 1. The van der Waals surface area contributed by atoms with Crippen LogP contribution in [0.5, 0.6) is 23.0 Å². The summed E-state index contributed by atoms with van der Waals surface area (Å²) in [5.41, 5.74) is 0.989. The van der Waals surface area contributed by atoms with Crippen molar-refractivity contribution in [3.8, 4) is 23.0 Å². The maximum absolute atomic E-state index is 12.3. The third-order valence-electron chi connectivity index (χ3n) is 4.43. The second-order valence-corrected chi connectivity index (χ2v) is 6.27. The lowest BCUT2D eigenvalue weighted by Crippen LogP contribution is -2.28. The molecule has 6 nitrogen and oxygen atoms in total. The fourth-order valence-electron chi connectivity index (χ4n) is 2.85. The zero-order valence-electron chi connectivity index (χ0n) is 17.0. The average molecular weight is 387 g/mol. The number of carbonyl (C=O) groups is 1. The molecule has 6 heteroatoms. The predicted molar refractivity (Wildman–Crippen MR) is 108 cm³/mol. The highest BCUT2D eigenvalue weighted by atomic mass is 16.5. The molecule has 0 saturated heterocycles. The van der Waals surface area contributed by atoms with Gasteiger partial charge in [-0.25, -0.2) is 0 Å². The number of hydrogen-bond acceptors (Lipinski definition) is 5. The van der Waals surface area contributed by atoms with E-state index in [-0.39, 0.29) is 11.9 Å². The number of ether oxygens (including phenoxy) is 4. The van der Waals surface area contributed by atoms with E-state index in [1.165, 1.54) is 0 Å². The fourth-order valence-corrected chi connectivity index (χ4v) is 2.85. The largest absolute Gasteiger partial charge is 0.497 e. The summed E-state index contributed by atoms with van der Waals surface area (Å²) in [5, 5.41) is 3.08. The molecule has 0 spiro atoms. The first-order chi connectivity index (χ1) is 13.6. The summed E-state index contributed by atoms with van der Waals surface area (Å²) in [4.78, 5) is 12.3. The molecule has 0 aliphatic rings. The van der Waals surface area contributed by atoms with Gasteiger partial charge in [-0.2, -0.15) is 0 Å². The molecule has 0 aromatic heterocycles. The number of rotatable bonds is 11. The van der Waals surface area contributed by atoms with Crippen molar-refractivity contribution in [2.24, 2.45) is 0 Å². The Hall–Kier alpha value is -2.89. The van der Waals surface area contributed by atoms with Gasteiger partial charge in [0.15, 0.2) is 11.5 Å². The van der Waals surface area contributed by atoms with Gasteiger partial charge in [-0.05, 0) is 54.8 Å². The van der Waals surface area contributed by atoms with E-state index in [1.807, 2.05) is 49.4 Å². The second kappa shape index (κ2) is 11.1. The van der Waals surface area contributed by atoms with Crippen LogP contribution in [0.1, 0.15) is 37.8 Å². The second-order valence-electron chi connectivity index (χ2n) is 6.27. The molecule has 0 unspecified atom stereocenters. The van der Waals surface area contributed by atoms with Gasteiger partial charge >= 0.3 is 0 Å². The first-order valence-electron chi connectivity index (χ1n) is 9.39. The Morgan fingerprint density at radius 2 is 1.61 bits per heavy atom. The lowest BCUT2D eigenvalue weighted by molar-refractivity contribution is -0.122. The van der Waals surface area contributed by atoms with Crippen LogP contribution in [0.4, 0.5) is 0 Å². The topological polar surface area (TPSA) is 66.0 Å². The molecule has 1 amide bonds. The zero-order valence-corrected chi connectivity index (χ0v) is 17.0. The Balaban J connectivity index is 1.81. The fraction of sp³-hybridized carbons (Fsp3) is 0.409. The quantitative estimate of drug-likeness (QED) is 0.587. The Labute approximate surface area is 166 Å². The van der Waals surface area contributed by atoms with Crippen LogP contribution in [0.3, 0.4) is 0 Å². The minimum Gasteiger partial charge on any atom is -0.497 e. The SMILES string of the molecule is CC[C@@H](NC(=O)CCCOc1ccc(OC)cc1)c1ccc(OC)c(OC)c1. The van der Waals surface area contributed by atoms with Crippen LogP contribution in [0.25, 0.3) is 0 Å². The molecule has 0 aliphatic heterocycles. The molecule has 1 atom stereocenters. The Bertz CT molecular complexity index is 745. The lowest BCUT2D eigenvalue weighted by Gasteiger charge is -2.19. The molecular weight excluding hydrogens is 358 g/mol. The molecule has 0 fully saturated rings. The van der Waals surface area contributed by atoms with Crippen molar-refractivity contribution < 1.29 is 23.7 Å². The van der Waals surface area contributed by atoms with Gasteiger partial charge in [-0.15, -0.1) is 0 Å². The zero-order chi connectivity index (χ0) is 20.4. The van der Waals surface area contributed by atoms with Crippen molar-refractivity contribution >= 4 is 5.91 Å². The summed E-state index contributed by atoms with van der Waals surface area (Å²) in [5.74, 6) is 2.87. The Kier molecular flexibility index (Phi) is 8.46. The summed E-state index contributed by atoms with van der Waals surface area (Å²) in [6.07, 6.45) is 1.82. The van der Waals surface area contributed by atoms with E-state index < -0.39 is 0 Å². The van der Waals surface area contributed by atoms with Crippen LogP contribution in [0, 0.1) is 0 Å². The van der Waals surface area contributed by atoms with E-state index in [9.17, 15) is 4.79 Å². The van der Waals surface area contributed by atoms with Gasteiger partial charge in [0.05, 0.1) is 34.0 Å². The van der Waals surface area contributed by atoms with Crippen molar-refractivity contribution in [1.29, 1.82) is 0 Å². The van der Waals surface area contributed by atoms with E-state index in [0.717, 1.165) is 23.5 Å². The van der Waals surface area contributed by atoms with Crippen LogP contribution < -0.4 is 24.3 Å². The highest BCUT2D eigenvalue weighted by Crippen LogP contribution is 2.30. The van der Waals surface area contributed by atoms with Crippen molar-refractivity contribution in [1.82, 2.24) is 5.32 Å². The van der Waals surface area contributed by atoms with Crippen LogP contribution in [-0.2, 0) is 4.79 Å². The average Bonchev–Trinajstić information content (AvgIpc) is 2.74.